The molecule has 0 spiro atoms. The molecular formula is C11H22O2. The summed E-state index contributed by atoms with van der Waals surface area (Å²) >= 11 is 0. The predicted octanol–water partition coefficient (Wildman–Crippen LogP) is 2.21. The molecule has 0 unspecified atom stereocenters. The topological polar surface area (TPSA) is 29.5 Å². The van der Waals surface area contributed by atoms with Crippen molar-refractivity contribution in [3.63, 3.8) is 0 Å². The van der Waals surface area contributed by atoms with E-state index in [-0.39, 0.29) is 0 Å². The van der Waals surface area contributed by atoms with Crippen molar-refractivity contribution in [2.45, 2.75) is 45.1 Å². The zero-order valence-electron chi connectivity index (χ0n) is 9.05. The molecule has 0 aromatic heterocycles. The van der Waals surface area contributed by atoms with Crippen LogP contribution in [0.2, 0.25) is 0 Å². The number of ether oxygens (including phenoxy) is 1. The Bertz CT molecular complexity index is 141. The van der Waals surface area contributed by atoms with Crippen molar-refractivity contribution in [3.05, 3.63) is 0 Å². The van der Waals surface area contributed by atoms with Gasteiger partial charge in [0.15, 0.2) is 0 Å². The molecule has 0 aromatic rings. The van der Waals surface area contributed by atoms with E-state index in [2.05, 4.69) is 0 Å². The van der Waals surface area contributed by atoms with Crippen LogP contribution in [-0.2, 0) is 4.74 Å². The van der Waals surface area contributed by atoms with Crippen LogP contribution < -0.4 is 0 Å². The average molecular weight is 186 g/mol. The van der Waals surface area contributed by atoms with Crippen molar-refractivity contribution in [2.24, 2.45) is 11.8 Å². The van der Waals surface area contributed by atoms with E-state index >= 15 is 0 Å². The number of rotatable bonds is 3. The molecule has 1 fully saturated rings. The zero-order valence-corrected chi connectivity index (χ0v) is 9.05. The fraction of sp³-hybridized carbons (Fsp3) is 1.00. The lowest BCUT2D eigenvalue weighted by atomic mass is 9.75. The largest absolute Gasteiger partial charge is 0.390 e. The Balaban J connectivity index is 2.30. The van der Waals surface area contributed by atoms with Crippen molar-refractivity contribution in [1.82, 2.24) is 0 Å². The molecule has 78 valence electrons. The Morgan fingerprint density at radius 3 is 2.15 bits per heavy atom. The predicted molar refractivity (Wildman–Crippen MR) is 53.6 cm³/mol. The SMILES string of the molecule is COCC1CCC(C(C)(C)O)CC1. The van der Waals surface area contributed by atoms with Crippen molar-refractivity contribution in [3.8, 4) is 0 Å². The monoisotopic (exact) mass is 186 g/mol. The first-order valence-corrected chi connectivity index (χ1v) is 5.25. The molecule has 1 aliphatic carbocycles. The molecule has 0 amide bonds. The molecule has 13 heavy (non-hydrogen) atoms. The molecule has 0 aliphatic heterocycles. The fourth-order valence-electron chi connectivity index (χ4n) is 2.27. The van der Waals surface area contributed by atoms with Crippen LogP contribution in [0.4, 0.5) is 0 Å². The Kier molecular flexibility index (Phi) is 3.74. The summed E-state index contributed by atoms with van der Waals surface area (Å²) in [5.41, 5.74) is -0.488. The van der Waals surface area contributed by atoms with Crippen LogP contribution in [0.15, 0.2) is 0 Å². The highest BCUT2D eigenvalue weighted by molar-refractivity contribution is 4.82. The smallest absolute Gasteiger partial charge is 0.0619 e. The molecule has 0 radical (unpaired) electrons. The molecule has 1 saturated carbocycles. The quantitative estimate of drug-likeness (QED) is 0.732. The second kappa shape index (κ2) is 4.43. The average Bonchev–Trinajstić information content (AvgIpc) is 2.04. The molecule has 0 aromatic carbocycles. The lowest BCUT2D eigenvalue weighted by molar-refractivity contribution is -0.0120. The molecule has 1 rings (SSSR count). The Labute approximate surface area is 81.3 Å². The van der Waals surface area contributed by atoms with Gasteiger partial charge in [0.25, 0.3) is 0 Å². The van der Waals surface area contributed by atoms with Gasteiger partial charge in [-0.1, -0.05) is 0 Å². The van der Waals surface area contributed by atoms with E-state index in [0.717, 1.165) is 25.4 Å². The molecule has 0 heterocycles. The molecular weight excluding hydrogens is 164 g/mol. The molecule has 1 aliphatic rings. The minimum absolute atomic E-state index is 0.487. The van der Waals surface area contributed by atoms with Crippen molar-refractivity contribution in [2.75, 3.05) is 13.7 Å². The third-order valence-corrected chi connectivity index (χ3v) is 3.25. The Hall–Kier alpha value is -0.0800. The number of hydrogen-bond donors (Lipinski definition) is 1. The molecule has 0 atom stereocenters. The van der Waals surface area contributed by atoms with Crippen molar-refractivity contribution in [1.29, 1.82) is 0 Å². The van der Waals surface area contributed by atoms with Gasteiger partial charge in [0.2, 0.25) is 0 Å². The van der Waals surface area contributed by atoms with Gasteiger partial charge >= 0.3 is 0 Å². The van der Waals surface area contributed by atoms with Gasteiger partial charge in [0.1, 0.15) is 0 Å². The number of methoxy groups -OCH3 is 1. The summed E-state index contributed by atoms with van der Waals surface area (Å²) in [5, 5.41) is 9.83. The second-order valence-electron chi connectivity index (χ2n) is 4.83. The molecule has 1 N–H and O–H groups in total. The summed E-state index contributed by atoms with van der Waals surface area (Å²) in [4.78, 5) is 0. The Morgan fingerprint density at radius 1 is 1.23 bits per heavy atom. The second-order valence-corrected chi connectivity index (χ2v) is 4.83. The van der Waals surface area contributed by atoms with Gasteiger partial charge in [0, 0.05) is 13.7 Å². The first-order chi connectivity index (χ1) is 6.04. The van der Waals surface area contributed by atoms with E-state index in [1.165, 1.54) is 12.8 Å². The Morgan fingerprint density at radius 2 is 1.77 bits per heavy atom. The highest BCUT2D eigenvalue weighted by atomic mass is 16.5. The van der Waals surface area contributed by atoms with Gasteiger partial charge in [0.05, 0.1) is 5.60 Å². The summed E-state index contributed by atoms with van der Waals surface area (Å²) in [6.45, 7) is 4.74. The fourth-order valence-corrected chi connectivity index (χ4v) is 2.27. The third kappa shape index (κ3) is 3.28. The third-order valence-electron chi connectivity index (χ3n) is 3.25. The lowest BCUT2D eigenvalue weighted by Gasteiger charge is -2.35. The first-order valence-electron chi connectivity index (χ1n) is 5.25. The lowest BCUT2D eigenvalue weighted by Crippen LogP contribution is -2.34. The standard InChI is InChI=1S/C11H22O2/c1-11(2,12)10-6-4-9(5-7-10)8-13-3/h9-10,12H,4-8H2,1-3H3. The summed E-state index contributed by atoms with van der Waals surface area (Å²) in [6, 6.07) is 0. The summed E-state index contributed by atoms with van der Waals surface area (Å²) in [5.74, 6) is 1.21. The molecule has 0 bridgehead atoms. The zero-order chi connectivity index (χ0) is 9.90. The van der Waals surface area contributed by atoms with E-state index in [1.54, 1.807) is 7.11 Å². The van der Waals surface area contributed by atoms with Crippen LogP contribution in [0.5, 0.6) is 0 Å². The normalized spacial score (nSPS) is 30.5. The molecule has 0 saturated heterocycles. The van der Waals surface area contributed by atoms with Gasteiger partial charge in [-0.2, -0.15) is 0 Å². The number of hydrogen-bond acceptors (Lipinski definition) is 2. The van der Waals surface area contributed by atoms with E-state index < -0.39 is 5.60 Å². The van der Waals surface area contributed by atoms with Gasteiger partial charge in [-0.3, -0.25) is 0 Å². The maximum Gasteiger partial charge on any atom is 0.0619 e. The van der Waals surface area contributed by atoms with Crippen LogP contribution >= 0.6 is 0 Å². The summed E-state index contributed by atoms with van der Waals surface area (Å²) in [6.07, 6.45) is 4.72. The maximum atomic E-state index is 9.83. The summed E-state index contributed by atoms with van der Waals surface area (Å²) in [7, 11) is 1.77. The van der Waals surface area contributed by atoms with Gasteiger partial charge < -0.3 is 9.84 Å². The number of aliphatic hydroxyl groups is 1. The first kappa shape index (κ1) is 11.0. The van der Waals surface area contributed by atoms with Gasteiger partial charge in [-0.05, 0) is 51.4 Å². The maximum absolute atomic E-state index is 9.83. The van der Waals surface area contributed by atoms with Gasteiger partial charge in [-0.25, -0.2) is 0 Å². The van der Waals surface area contributed by atoms with Crippen LogP contribution in [0.25, 0.3) is 0 Å². The highest BCUT2D eigenvalue weighted by Gasteiger charge is 2.30. The van der Waals surface area contributed by atoms with Gasteiger partial charge in [-0.15, -0.1) is 0 Å². The molecule has 2 nitrogen and oxygen atoms in total. The van der Waals surface area contributed by atoms with E-state index in [1.807, 2.05) is 13.8 Å². The van der Waals surface area contributed by atoms with E-state index in [9.17, 15) is 5.11 Å². The van der Waals surface area contributed by atoms with Crippen LogP contribution in [-0.4, -0.2) is 24.4 Å². The highest BCUT2D eigenvalue weighted by Crippen LogP contribution is 2.35. The van der Waals surface area contributed by atoms with Crippen molar-refractivity contribution >= 4 is 0 Å². The minimum atomic E-state index is -0.488. The summed E-state index contributed by atoms with van der Waals surface area (Å²) < 4.78 is 5.14. The van der Waals surface area contributed by atoms with Crippen LogP contribution in [0.3, 0.4) is 0 Å². The van der Waals surface area contributed by atoms with Crippen LogP contribution in [0.1, 0.15) is 39.5 Å². The van der Waals surface area contributed by atoms with E-state index in [4.69, 9.17) is 4.74 Å². The van der Waals surface area contributed by atoms with Crippen LogP contribution in [0, 0.1) is 11.8 Å². The van der Waals surface area contributed by atoms with E-state index in [0.29, 0.717) is 5.92 Å². The minimum Gasteiger partial charge on any atom is -0.390 e. The van der Waals surface area contributed by atoms with Crippen molar-refractivity contribution < 1.29 is 9.84 Å². The molecule has 2 heteroatoms.